The molecule has 0 N–H and O–H groups in total. The van der Waals surface area contributed by atoms with Crippen LogP contribution in [0.2, 0.25) is 0 Å². The molecule has 0 radical (unpaired) electrons. The SMILES string of the molecule is Cn1c(Cn2ccnc2)nnc1C1CCCN(Cc2cc3ccccc3o2)C1. The second-order valence-corrected chi connectivity index (χ2v) is 7.59. The summed E-state index contributed by atoms with van der Waals surface area (Å²) in [5, 5.41) is 10.1. The highest BCUT2D eigenvalue weighted by atomic mass is 16.3. The van der Waals surface area contributed by atoms with E-state index in [1.54, 1.807) is 6.20 Å². The van der Waals surface area contributed by atoms with Gasteiger partial charge in [-0.1, -0.05) is 18.2 Å². The van der Waals surface area contributed by atoms with Gasteiger partial charge in [0, 0.05) is 37.3 Å². The number of nitrogens with zero attached hydrogens (tertiary/aromatic N) is 6. The van der Waals surface area contributed by atoms with E-state index in [1.165, 1.54) is 5.39 Å². The van der Waals surface area contributed by atoms with Gasteiger partial charge in [0.1, 0.15) is 17.2 Å². The lowest BCUT2D eigenvalue weighted by Gasteiger charge is -2.31. The second-order valence-electron chi connectivity index (χ2n) is 7.59. The van der Waals surface area contributed by atoms with Crippen molar-refractivity contribution in [2.75, 3.05) is 13.1 Å². The number of para-hydroxylation sites is 1. The fourth-order valence-corrected chi connectivity index (χ4v) is 4.16. The lowest BCUT2D eigenvalue weighted by atomic mass is 9.97. The van der Waals surface area contributed by atoms with E-state index in [0.717, 1.165) is 55.5 Å². The molecule has 1 aromatic carbocycles. The van der Waals surface area contributed by atoms with Crippen molar-refractivity contribution >= 4 is 11.0 Å². The zero-order chi connectivity index (χ0) is 18.9. The monoisotopic (exact) mass is 376 g/mol. The van der Waals surface area contributed by atoms with E-state index in [9.17, 15) is 0 Å². The molecule has 1 unspecified atom stereocenters. The zero-order valence-corrected chi connectivity index (χ0v) is 16.0. The molecule has 0 bridgehead atoms. The minimum atomic E-state index is 0.396. The molecule has 28 heavy (non-hydrogen) atoms. The van der Waals surface area contributed by atoms with Crippen molar-refractivity contribution < 1.29 is 4.42 Å². The van der Waals surface area contributed by atoms with Crippen LogP contribution in [-0.4, -0.2) is 42.3 Å². The van der Waals surface area contributed by atoms with Crippen LogP contribution in [0, 0.1) is 0 Å². The Hall–Kier alpha value is -2.93. The summed E-state index contributed by atoms with van der Waals surface area (Å²) in [6, 6.07) is 10.3. The Balaban J connectivity index is 1.29. The number of rotatable bonds is 5. The molecule has 144 valence electrons. The Kier molecular flexibility index (Phi) is 4.44. The predicted molar refractivity (Wildman–Crippen MR) is 106 cm³/mol. The van der Waals surface area contributed by atoms with Crippen LogP contribution in [-0.2, 0) is 20.1 Å². The number of benzene rings is 1. The molecule has 7 heteroatoms. The van der Waals surface area contributed by atoms with Gasteiger partial charge in [0.2, 0.25) is 0 Å². The molecular formula is C21H24N6O. The Bertz CT molecular complexity index is 1030. The van der Waals surface area contributed by atoms with Gasteiger partial charge in [0.25, 0.3) is 0 Å². The third kappa shape index (κ3) is 3.33. The highest BCUT2D eigenvalue weighted by Crippen LogP contribution is 2.28. The van der Waals surface area contributed by atoms with Crippen LogP contribution in [0.5, 0.6) is 0 Å². The fourth-order valence-electron chi connectivity index (χ4n) is 4.16. The molecule has 1 aliphatic rings. The average Bonchev–Trinajstić information content (AvgIpc) is 3.43. The van der Waals surface area contributed by atoms with Crippen molar-refractivity contribution in [2.45, 2.75) is 31.8 Å². The van der Waals surface area contributed by atoms with Gasteiger partial charge in [-0.3, -0.25) is 4.90 Å². The highest BCUT2D eigenvalue weighted by molar-refractivity contribution is 5.77. The molecule has 1 atom stereocenters. The second kappa shape index (κ2) is 7.24. The van der Waals surface area contributed by atoms with Crippen LogP contribution < -0.4 is 0 Å². The average molecular weight is 376 g/mol. The third-order valence-corrected chi connectivity index (χ3v) is 5.61. The van der Waals surface area contributed by atoms with Crippen molar-refractivity contribution in [3.8, 4) is 0 Å². The van der Waals surface area contributed by atoms with Crippen LogP contribution in [0.4, 0.5) is 0 Å². The number of imidazole rings is 1. The summed E-state index contributed by atoms with van der Waals surface area (Å²) in [7, 11) is 2.07. The van der Waals surface area contributed by atoms with Crippen molar-refractivity contribution in [1.29, 1.82) is 0 Å². The van der Waals surface area contributed by atoms with Crippen LogP contribution in [0.15, 0.2) is 53.5 Å². The first-order valence-corrected chi connectivity index (χ1v) is 9.80. The lowest BCUT2D eigenvalue weighted by Crippen LogP contribution is -2.34. The first-order valence-electron chi connectivity index (χ1n) is 9.80. The van der Waals surface area contributed by atoms with Crippen molar-refractivity contribution in [3.63, 3.8) is 0 Å². The zero-order valence-electron chi connectivity index (χ0n) is 16.0. The molecular weight excluding hydrogens is 352 g/mol. The predicted octanol–water partition coefficient (Wildman–Crippen LogP) is 3.19. The summed E-state index contributed by atoms with van der Waals surface area (Å²) >= 11 is 0. The number of fused-ring (bicyclic) bond motifs is 1. The Labute approximate surface area is 163 Å². The number of piperidine rings is 1. The summed E-state index contributed by atoms with van der Waals surface area (Å²) in [5.41, 5.74) is 0.962. The molecule has 1 fully saturated rings. The van der Waals surface area contributed by atoms with Gasteiger partial charge in [0.05, 0.1) is 19.4 Å². The van der Waals surface area contributed by atoms with Gasteiger partial charge in [-0.15, -0.1) is 10.2 Å². The van der Waals surface area contributed by atoms with E-state index in [0.29, 0.717) is 12.5 Å². The summed E-state index contributed by atoms with van der Waals surface area (Å²) in [6.07, 6.45) is 7.85. The minimum absolute atomic E-state index is 0.396. The number of furan rings is 1. The number of likely N-dealkylation sites (tertiary alicyclic amines) is 1. The molecule has 7 nitrogen and oxygen atoms in total. The van der Waals surface area contributed by atoms with E-state index in [-0.39, 0.29) is 0 Å². The molecule has 1 saturated heterocycles. The molecule has 5 rings (SSSR count). The highest BCUT2D eigenvalue weighted by Gasteiger charge is 2.26. The number of hydrogen-bond acceptors (Lipinski definition) is 5. The maximum atomic E-state index is 6.01. The van der Waals surface area contributed by atoms with Crippen molar-refractivity contribution in [3.05, 3.63) is 66.5 Å². The smallest absolute Gasteiger partial charge is 0.152 e. The largest absolute Gasteiger partial charge is 0.460 e. The number of aromatic nitrogens is 5. The van der Waals surface area contributed by atoms with E-state index < -0.39 is 0 Å². The Morgan fingerprint density at radius 3 is 2.96 bits per heavy atom. The van der Waals surface area contributed by atoms with E-state index in [2.05, 4.69) is 43.8 Å². The van der Waals surface area contributed by atoms with Crippen LogP contribution in [0.1, 0.15) is 36.2 Å². The van der Waals surface area contributed by atoms with Crippen LogP contribution in [0.3, 0.4) is 0 Å². The van der Waals surface area contributed by atoms with Gasteiger partial charge in [0.15, 0.2) is 5.82 Å². The van der Waals surface area contributed by atoms with E-state index in [1.807, 2.05) is 35.3 Å². The maximum Gasteiger partial charge on any atom is 0.152 e. The first kappa shape index (κ1) is 17.2. The van der Waals surface area contributed by atoms with Gasteiger partial charge in [-0.25, -0.2) is 4.98 Å². The molecule has 0 saturated carbocycles. The van der Waals surface area contributed by atoms with Gasteiger partial charge in [-0.2, -0.15) is 0 Å². The molecule has 1 aliphatic heterocycles. The topological polar surface area (TPSA) is 64.9 Å². The fraction of sp³-hybridized carbons (Fsp3) is 0.381. The van der Waals surface area contributed by atoms with E-state index in [4.69, 9.17) is 4.42 Å². The molecule has 4 heterocycles. The lowest BCUT2D eigenvalue weighted by molar-refractivity contribution is 0.183. The van der Waals surface area contributed by atoms with Gasteiger partial charge < -0.3 is 13.6 Å². The third-order valence-electron chi connectivity index (χ3n) is 5.61. The summed E-state index contributed by atoms with van der Waals surface area (Å²) < 4.78 is 10.2. The minimum Gasteiger partial charge on any atom is -0.460 e. The molecule has 4 aromatic rings. The molecule has 3 aromatic heterocycles. The van der Waals surface area contributed by atoms with Gasteiger partial charge in [-0.05, 0) is 31.5 Å². The van der Waals surface area contributed by atoms with Gasteiger partial charge >= 0.3 is 0 Å². The maximum absolute atomic E-state index is 6.01. The first-order chi connectivity index (χ1) is 13.8. The normalized spacial score (nSPS) is 18.1. The molecule has 0 aliphatic carbocycles. The summed E-state index contributed by atoms with van der Waals surface area (Å²) in [4.78, 5) is 6.57. The van der Waals surface area contributed by atoms with E-state index >= 15 is 0 Å². The number of hydrogen-bond donors (Lipinski definition) is 0. The Morgan fingerprint density at radius 1 is 1.18 bits per heavy atom. The summed E-state index contributed by atoms with van der Waals surface area (Å²) in [6.45, 7) is 3.60. The van der Waals surface area contributed by atoms with Crippen LogP contribution in [0.25, 0.3) is 11.0 Å². The summed E-state index contributed by atoms with van der Waals surface area (Å²) in [5.74, 6) is 3.46. The van der Waals surface area contributed by atoms with Crippen molar-refractivity contribution in [2.24, 2.45) is 7.05 Å². The van der Waals surface area contributed by atoms with Crippen LogP contribution >= 0.6 is 0 Å². The van der Waals surface area contributed by atoms with Crippen molar-refractivity contribution in [1.82, 2.24) is 29.2 Å². The Morgan fingerprint density at radius 2 is 2.11 bits per heavy atom. The molecule has 0 amide bonds. The molecule has 0 spiro atoms. The quantitative estimate of drug-likeness (QED) is 0.535. The standard InChI is InChI=1S/C21H24N6O/c1-25-20(14-27-10-8-22-15-27)23-24-21(25)17-6-4-9-26(12-17)13-18-11-16-5-2-3-7-19(16)28-18/h2-3,5,7-8,10-11,15,17H,4,6,9,12-14H2,1H3.